The number of alkyl halides is 3. The van der Waals surface area contributed by atoms with Crippen molar-refractivity contribution in [3.05, 3.63) is 24.3 Å². The van der Waals surface area contributed by atoms with Crippen LogP contribution in [-0.2, 0) is 10.0 Å². The van der Waals surface area contributed by atoms with E-state index in [9.17, 15) is 17.2 Å². The van der Waals surface area contributed by atoms with Gasteiger partial charge >= 0.3 is 0 Å². The molecule has 1 aromatic carbocycles. The van der Waals surface area contributed by atoms with Crippen LogP contribution in [0, 0.1) is 0 Å². The van der Waals surface area contributed by atoms with Crippen LogP contribution >= 0.6 is 23.4 Å². The third-order valence-electron chi connectivity index (χ3n) is 2.17. The Bertz CT molecular complexity index is 497. The largest absolute Gasteiger partial charge is 0.288 e. The quantitative estimate of drug-likeness (QED) is 0.449. The van der Waals surface area contributed by atoms with Crippen LogP contribution in [0.5, 0.6) is 0 Å². The molecule has 0 unspecified atom stereocenters. The summed E-state index contributed by atoms with van der Waals surface area (Å²) in [4.78, 5) is 0.207. The zero-order chi connectivity index (χ0) is 14.3. The van der Waals surface area contributed by atoms with Crippen LogP contribution in [0.4, 0.5) is 14.5 Å². The van der Waals surface area contributed by atoms with Gasteiger partial charge in [-0.1, -0.05) is 23.9 Å². The number of nitrogens with one attached hydrogen (secondary N) is 1. The molecule has 0 radical (unpaired) electrons. The summed E-state index contributed by atoms with van der Waals surface area (Å²) in [5, 5.41) is 0. The van der Waals surface area contributed by atoms with Crippen molar-refractivity contribution in [2.45, 2.75) is 23.5 Å². The van der Waals surface area contributed by atoms with Gasteiger partial charge in [0.1, 0.15) is 0 Å². The normalized spacial score (nSPS) is 11.8. The predicted octanol–water partition coefficient (Wildman–Crippen LogP) is 3.76. The van der Waals surface area contributed by atoms with Gasteiger partial charge in [-0.05, 0) is 25.0 Å². The number of anilines is 1. The van der Waals surface area contributed by atoms with E-state index < -0.39 is 15.8 Å². The van der Waals surface area contributed by atoms with E-state index in [-0.39, 0.29) is 16.3 Å². The van der Waals surface area contributed by atoms with E-state index in [1.54, 1.807) is 12.1 Å². The lowest BCUT2D eigenvalue weighted by atomic mass is 10.3. The number of thioether (sulfide) groups is 1. The van der Waals surface area contributed by atoms with E-state index in [0.717, 1.165) is 0 Å². The lowest BCUT2D eigenvalue weighted by Gasteiger charge is -2.11. The lowest BCUT2D eigenvalue weighted by molar-refractivity contribution is 0.252. The fraction of sp³-hybridized carbons (Fsp3) is 0.455. The summed E-state index contributed by atoms with van der Waals surface area (Å²) in [6.45, 7) is 0. The molecule has 0 atom stereocenters. The van der Waals surface area contributed by atoms with Gasteiger partial charge in [-0.2, -0.15) is 8.78 Å². The molecule has 1 aromatic rings. The molecule has 0 aromatic heterocycles. The second kappa shape index (κ2) is 7.91. The second-order valence-electron chi connectivity index (χ2n) is 3.69. The van der Waals surface area contributed by atoms with Gasteiger partial charge < -0.3 is 0 Å². The summed E-state index contributed by atoms with van der Waals surface area (Å²) in [6.07, 6.45) is 1.03. The number of halogens is 3. The van der Waals surface area contributed by atoms with Crippen molar-refractivity contribution in [2.24, 2.45) is 0 Å². The molecule has 3 nitrogen and oxygen atoms in total. The molecule has 108 valence electrons. The Hall–Kier alpha value is -0.530. The van der Waals surface area contributed by atoms with Crippen LogP contribution in [-0.4, -0.2) is 25.8 Å². The number of hydrogen-bond acceptors (Lipinski definition) is 3. The maximum Gasteiger partial charge on any atom is 0.288 e. The highest BCUT2D eigenvalue weighted by Crippen LogP contribution is 2.32. The maximum absolute atomic E-state index is 12.4. The molecule has 0 saturated heterocycles. The third kappa shape index (κ3) is 6.44. The fourth-order valence-electron chi connectivity index (χ4n) is 1.35. The number of rotatable bonds is 8. The average Bonchev–Trinajstić information content (AvgIpc) is 2.31. The Balaban J connectivity index is 2.75. The smallest absolute Gasteiger partial charge is 0.282 e. The average molecular weight is 330 g/mol. The summed E-state index contributed by atoms with van der Waals surface area (Å²) in [5.74, 6) is -2.28. The van der Waals surface area contributed by atoms with Crippen molar-refractivity contribution in [1.82, 2.24) is 0 Å². The molecule has 0 bridgehead atoms. The number of sulfonamides is 1. The standard InChI is InChI=1S/C11H14ClF2NO2S2/c12-7-3-4-8-19(16,17)15-9-5-1-2-6-10(9)18-11(13)14/h1-2,5-6,11,15H,3-4,7-8H2. The molecule has 1 N–H and O–H groups in total. The zero-order valence-corrected chi connectivity index (χ0v) is 12.4. The molecule has 0 aliphatic carbocycles. The molecule has 8 heteroatoms. The Morgan fingerprint density at radius 2 is 1.95 bits per heavy atom. The summed E-state index contributed by atoms with van der Waals surface area (Å²) < 4.78 is 50.6. The molecule has 0 heterocycles. The van der Waals surface area contributed by atoms with Gasteiger partial charge in [0.05, 0.1) is 11.4 Å². The van der Waals surface area contributed by atoms with Crippen LogP contribution in [0.1, 0.15) is 12.8 Å². The highest BCUT2D eigenvalue weighted by Gasteiger charge is 2.15. The van der Waals surface area contributed by atoms with E-state index in [1.807, 2.05) is 0 Å². The van der Waals surface area contributed by atoms with Crippen molar-refractivity contribution >= 4 is 39.1 Å². The molecule has 1 rings (SSSR count). The molecule has 0 aliphatic heterocycles. The lowest BCUT2D eigenvalue weighted by Crippen LogP contribution is -2.17. The van der Waals surface area contributed by atoms with E-state index in [4.69, 9.17) is 11.6 Å². The first kappa shape index (κ1) is 16.5. The van der Waals surface area contributed by atoms with Crippen LogP contribution in [0.2, 0.25) is 0 Å². The second-order valence-corrected chi connectivity index (χ2v) is 6.94. The summed E-state index contributed by atoms with van der Waals surface area (Å²) in [6, 6.07) is 6.08. The Labute approximate surface area is 120 Å². The molecule has 0 saturated carbocycles. The first-order valence-corrected chi connectivity index (χ1v) is 8.61. The van der Waals surface area contributed by atoms with E-state index in [2.05, 4.69) is 4.72 Å². The number of benzene rings is 1. The number of hydrogen-bond donors (Lipinski definition) is 1. The monoisotopic (exact) mass is 329 g/mol. The Morgan fingerprint density at radius 3 is 2.58 bits per heavy atom. The van der Waals surface area contributed by atoms with E-state index >= 15 is 0 Å². The van der Waals surface area contributed by atoms with Crippen molar-refractivity contribution in [2.75, 3.05) is 16.4 Å². The molecule has 0 aliphatic rings. The minimum atomic E-state index is -3.53. The molecule has 19 heavy (non-hydrogen) atoms. The predicted molar refractivity (Wildman–Crippen MR) is 75.7 cm³/mol. The highest BCUT2D eigenvalue weighted by atomic mass is 35.5. The van der Waals surface area contributed by atoms with Crippen LogP contribution in [0.15, 0.2) is 29.2 Å². The van der Waals surface area contributed by atoms with Gasteiger partial charge in [0, 0.05) is 10.8 Å². The van der Waals surface area contributed by atoms with Gasteiger partial charge in [-0.3, -0.25) is 4.72 Å². The maximum atomic E-state index is 12.4. The molecular formula is C11H14ClF2NO2S2. The summed E-state index contributed by atoms with van der Waals surface area (Å²) in [7, 11) is -3.53. The molecule has 0 fully saturated rings. The van der Waals surface area contributed by atoms with Crippen LogP contribution in [0.25, 0.3) is 0 Å². The topological polar surface area (TPSA) is 46.2 Å². The van der Waals surface area contributed by atoms with Crippen LogP contribution in [0.3, 0.4) is 0 Å². The third-order valence-corrected chi connectivity index (χ3v) is 4.58. The van der Waals surface area contributed by atoms with E-state index in [0.29, 0.717) is 30.5 Å². The zero-order valence-electron chi connectivity index (χ0n) is 9.98. The van der Waals surface area contributed by atoms with Crippen molar-refractivity contribution < 1.29 is 17.2 Å². The van der Waals surface area contributed by atoms with Crippen molar-refractivity contribution in [3.8, 4) is 0 Å². The fourth-order valence-corrected chi connectivity index (χ4v) is 3.40. The number of para-hydroxylation sites is 1. The summed E-state index contributed by atoms with van der Waals surface area (Å²) >= 11 is 5.78. The molecular weight excluding hydrogens is 316 g/mol. The van der Waals surface area contributed by atoms with E-state index in [1.165, 1.54) is 12.1 Å². The Kier molecular flexibility index (Phi) is 6.88. The van der Waals surface area contributed by atoms with Gasteiger partial charge in [0.25, 0.3) is 5.76 Å². The molecule has 0 spiro atoms. The highest BCUT2D eigenvalue weighted by molar-refractivity contribution is 7.99. The van der Waals surface area contributed by atoms with Gasteiger partial charge in [-0.25, -0.2) is 8.42 Å². The first-order valence-electron chi connectivity index (χ1n) is 5.55. The molecule has 0 amide bonds. The number of unbranched alkanes of at least 4 members (excludes halogenated alkanes) is 1. The minimum Gasteiger partial charge on any atom is -0.282 e. The van der Waals surface area contributed by atoms with Crippen LogP contribution < -0.4 is 4.72 Å². The summed E-state index contributed by atoms with van der Waals surface area (Å²) in [5.41, 5.74) is 0.179. The minimum absolute atomic E-state index is 0.0760. The van der Waals surface area contributed by atoms with Gasteiger partial charge in [0.15, 0.2) is 0 Å². The van der Waals surface area contributed by atoms with Gasteiger partial charge in [-0.15, -0.1) is 11.6 Å². The van der Waals surface area contributed by atoms with Crippen molar-refractivity contribution in [3.63, 3.8) is 0 Å². The SMILES string of the molecule is O=S(=O)(CCCCCl)Nc1ccccc1SC(F)F. The Morgan fingerprint density at radius 1 is 1.26 bits per heavy atom. The van der Waals surface area contributed by atoms with Crippen molar-refractivity contribution in [1.29, 1.82) is 0 Å². The van der Waals surface area contributed by atoms with Gasteiger partial charge in [0.2, 0.25) is 10.0 Å². The first-order chi connectivity index (χ1) is 8.94.